The predicted octanol–water partition coefficient (Wildman–Crippen LogP) is 3.07. The number of alkyl halides is 1. The summed E-state index contributed by atoms with van der Waals surface area (Å²) in [6.07, 6.45) is 0. The number of hydrogen-bond acceptors (Lipinski definition) is 1. The quantitative estimate of drug-likeness (QED) is 0.589. The van der Waals surface area contributed by atoms with Crippen LogP contribution in [0.5, 0.6) is 0 Å². The molecule has 0 aliphatic carbocycles. The lowest BCUT2D eigenvalue weighted by molar-refractivity contribution is 1.35. The molecule has 11 heavy (non-hydrogen) atoms. The molecule has 1 nitrogen and oxygen atoms in total. The Kier molecular flexibility index (Phi) is 2.94. The summed E-state index contributed by atoms with van der Waals surface area (Å²) in [6.45, 7) is 4.20. The first-order valence-electron chi connectivity index (χ1n) is 3.61. The van der Waals surface area contributed by atoms with E-state index >= 15 is 0 Å². The fourth-order valence-electron chi connectivity index (χ4n) is 0.998. The van der Waals surface area contributed by atoms with E-state index in [1.165, 1.54) is 16.8 Å². The molecule has 0 saturated carbocycles. The van der Waals surface area contributed by atoms with Gasteiger partial charge in [-0.1, -0.05) is 28.1 Å². The normalized spacial score (nSPS) is 9.73. The van der Waals surface area contributed by atoms with Crippen LogP contribution in [0, 0.1) is 13.8 Å². The maximum atomic E-state index is 3.33. The molecule has 2 heteroatoms. The molecule has 0 radical (unpaired) electrons. The zero-order chi connectivity index (χ0) is 8.27. The Balaban J connectivity index is 2.93. The van der Waals surface area contributed by atoms with Gasteiger partial charge in [0.1, 0.15) is 0 Å². The van der Waals surface area contributed by atoms with Crippen molar-refractivity contribution in [3.05, 3.63) is 29.3 Å². The van der Waals surface area contributed by atoms with Gasteiger partial charge in [0.2, 0.25) is 0 Å². The van der Waals surface area contributed by atoms with Crippen LogP contribution in [0.1, 0.15) is 11.1 Å². The lowest BCUT2D eigenvalue weighted by Crippen LogP contribution is -1.96. The molecular formula is C9H12BrN. The van der Waals surface area contributed by atoms with Crippen LogP contribution in [-0.4, -0.2) is 5.45 Å². The van der Waals surface area contributed by atoms with Crippen molar-refractivity contribution in [1.29, 1.82) is 0 Å². The number of rotatable bonds is 2. The highest BCUT2D eigenvalue weighted by atomic mass is 79.9. The smallest absolute Gasteiger partial charge is 0.0707 e. The van der Waals surface area contributed by atoms with Crippen LogP contribution in [0.3, 0.4) is 0 Å². The number of anilines is 1. The molecule has 0 atom stereocenters. The number of nitrogens with one attached hydrogen (secondary N) is 1. The molecule has 1 rings (SSSR count). The molecule has 0 amide bonds. The molecule has 0 bridgehead atoms. The minimum absolute atomic E-state index is 0.803. The van der Waals surface area contributed by atoms with Gasteiger partial charge in [-0.3, -0.25) is 0 Å². The highest BCUT2D eigenvalue weighted by Gasteiger charge is 1.94. The molecule has 60 valence electrons. The Bertz CT molecular complexity index is 245. The van der Waals surface area contributed by atoms with E-state index in [9.17, 15) is 0 Å². The first-order chi connectivity index (χ1) is 5.24. The molecule has 0 saturated heterocycles. The average molecular weight is 214 g/mol. The van der Waals surface area contributed by atoms with Crippen molar-refractivity contribution >= 4 is 21.6 Å². The highest BCUT2D eigenvalue weighted by molar-refractivity contribution is 9.09. The topological polar surface area (TPSA) is 12.0 Å². The minimum atomic E-state index is 0.803. The Hall–Kier alpha value is -0.500. The Morgan fingerprint density at radius 1 is 1.36 bits per heavy atom. The third-order valence-electron chi connectivity index (χ3n) is 1.65. The molecule has 0 spiro atoms. The van der Waals surface area contributed by atoms with Gasteiger partial charge in [-0.25, -0.2) is 0 Å². The van der Waals surface area contributed by atoms with E-state index in [1.54, 1.807) is 0 Å². The summed E-state index contributed by atoms with van der Waals surface area (Å²) in [5.41, 5.74) is 4.59. The standard InChI is InChI=1S/C9H12BrN/c1-7-3-4-8(2)9(5-7)11-6-10/h3-5,11H,6H2,1-2H3. The van der Waals surface area contributed by atoms with Gasteiger partial charge in [0, 0.05) is 5.69 Å². The van der Waals surface area contributed by atoms with E-state index in [0.29, 0.717) is 0 Å². The summed E-state index contributed by atoms with van der Waals surface area (Å²) in [4.78, 5) is 0. The second-order valence-corrected chi connectivity index (χ2v) is 3.19. The summed E-state index contributed by atoms with van der Waals surface area (Å²) in [5, 5.41) is 3.23. The molecule has 1 aromatic carbocycles. The Morgan fingerprint density at radius 3 is 2.73 bits per heavy atom. The molecule has 0 aromatic heterocycles. The van der Waals surface area contributed by atoms with E-state index in [0.717, 1.165) is 5.45 Å². The zero-order valence-electron chi connectivity index (χ0n) is 6.82. The van der Waals surface area contributed by atoms with Gasteiger partial charge in [-0.2, -0.15) is 0 Å². The van der Waals surface area contributed by atoms with Crippen LogP contribution < -0.4 is 5.32 Å². The van der Waals surface area contributed by atoms with E-state index in [-0.39, 0.29) is 0 Å². The molecule has 0 aliphatic rings. The fraction of sp³-hybridized carbons (Fsp3) is 0.333. The second kappa shape index (κ2) is 3.77. The third kappa shape index (κ3) is 2.22. The maximum absolute atomic E-state index is 3.33. The monoisotopic (exact) mass is 213 g/mol. The lowest BCUT2D eigenvalue weighted by atomic mass is 10.1. The number of aryl methyl sites for hydroxylation is 2. The summed E-state index contributed by atoms with van der Waals surface area (Å²) >= 11 is 3.33. The molecule has 0 aliphatic heterocycles. The van der Waals surface area contributed by atoms with Crippen molar-refractivity contribution in [3.8, 4) is 0 Å². The van der Waals surface area contributed by atoms with Crippen LogP contribution in [0.2, 0.25) is 0 Å². The number of halogens is 1. The first-order valence-corrected chi connectivity index (χ1v) is 4.73. The van der Waals surface area contributed by atoms with Gasteiger partial charge < -0.3 is 5.32 Å². The molecule has 1 aromatic rings. The van der Waals surface area contributed by atoms with Crippen molar-refractivity contribution in [2.24, 2.45) is 0 Å². The summed E-state index contributed by atoms with van der Waals surface area (Å²) in [7, 11) is 0. The van der Waals surface area contributed by atoms with Gasteiger partial charge in [0.05, 0.1) is 5.45 Å². The van der Waals surface area contributed by atoms with Gasteiger partial charge in [-0.05, 0) is 31.0 Å². The average Bonchev–Trinajstić information content (AvgIpc) is 1.98. The van der Waals surface area contributed by atoms with Crippen molar-refractivity contribution < 1.29 is 0 Å². The van der Waals surface area contributed by atoms with Crippen LogP contribution in [0.4, 0.5) is 5.69 Å². The van der Waals surface area contributed by atoms with Crippen molar-refractivity contribution in [1.82, 2.24) is 0 Å². The van der Waals surface area contributed by atoms with Crippen molar-refractivity contribution in [3.63, 3.8) is 0 Å². The fourth-order valence-corrected chi connectivity index (χ4v) is 1.30. The molecule has 1 N–H and O–H groups in total. The largest absolute Gasteiger partial charge is 0.375 e. The third-order valence-corrected chi connectivity index (χ3v) is 1.93. The van der Waals surface area contributed by atoms with Crippen LogP contribution in [-0.2, 0) is 0 Å². The van der Waals surface area contributed by atoms with E-state index in [4.69, 9.17) is 0 Å². The highest BCUT2D eigenvalue weighted by Crippen LogP contribution is 2.16. The molecule has 0 heterocycles. The van der Waals surface area contributed by atoms with Gasteiger partial charge in [-0.15, -0.1) is 0 Å². The van der Waals surface area contributed by atoms with Gasteiger partial charge in [0.25, 0.3) is 0 Å². The van der Waals surface area contributed by atoms with Crippen LogP contribution in [0.15, 0.2) is 18.2 Å². The zero-order valence-corrected chi connectivity index (χ0v) is 8.40. The molecular weight excluding hydrogens is 202 g/mol. The van der Waals surface area contributed by atoms with E-state index in [2.05, 4.69) is 53.3 Å². The van der Waals surface area contributed by atoms with Gasteiger partial charge in [0.15, 0.2) is 0 Å². The summed E-state index contributed by atoms with van der Waals surface area (Å²) in [6, 6.07) is 6.39. The minimum Gasteiger partial charge on any atom is -0.375 e. The summed E-state index contributed by atoms with van der Waals surface area (Å²) < 4.78 is 0. The first kappa shape index (κ1) is 8.60. The predicted molar refractivity (Wildman–Crippen MR) is 53.3 cm³/mol. The van der Waals surface area contributed by atoms with E-state index < -0.39 is 0 Å². The Morgan fingerprint density at radius 2 is 2.09 bits per heavy atom. The SMILES string of the molecule is Cc1ccc(C)c(NCBr)c1. The molecule has 0 fully saturated rings. The lowest BCUT2D eigenvalue weighted by Gasteiger charge is -2.06. The second-order valence-electron chi connectivity index (χ2n) is 2.63. The Labute approximate surface area is 75.9 Å². The number of benzene rings is 1. The van der Waals surface area contributed by atoms with Crippen molar-refractivity contribution in [2.45, 2.75) is 13.8 Å². The van der Waals surface area contributed by atoms with Crippen molar-refractivity contribution in [2.75, 3.05) is 10.8 Å². The van der Waals surface area contributed by atoms with Crippen LogP contribution in [0.25, 0.3) is 0 Å². The van der Waals surface area contributed by atoms with Gasteiger partial charge >= 0.3 is 0 Å². The summed E-state index contributed by atoms with van der Waals surface area (Å²) in [5.74, 6) is 0. The van der Waals surface area contributed by atoms with Crippen LogP contribution >= 0.6 is 15.9 Å². The molecule has 0 unspecified atom stereocenters. The number of hydrogen-bond donors (Lipinski definition) is 1. The van der Waals surface area contributed by atoms with E-state index in [1.807, 2.05) is 0 Å². The maximum Gasteiger partial charge on any atom is 0.0707 e.